The van der Waals surface area contributed by atoms with E-state index in [0.717, 1.165) is 5.56 Å². The summed E-state index contributed by atoms with van der Waals surface area (Å²) < 4.78 is 5.84. The summed E-state index contributed by atoms with van der Waals surface area (Å²) in [6, 6.07) is 19.0. The molecule has 0 fully saturated rings. The van der Waals surface area contributed by atoms with Gasteiger partial charge in [-0.25, -0.2) is 4.90 Å². The number of hydrogen-bond acceptors (Lipinski definition) is 4. The highest BCUT2D eigenvalue weighted by Gasteiger charge is 2.37. The third-order valence-electron chi connectivity index (χ3n) is 4.51. The van der Waals surface area contributed by atoms with Crippen LogP contribution in [0.1, 0.15) is 33.2 Å². The lowest BCUT2D eigenvalue weighted by Gasteiger charge is -2.14. The molecular weight excluding hydrogens is 368 g/mol. The average Bonchev–Trinajstić information content (AvgIpc) is 2.92. The van der Waals surface area contributed by atoms with Gasteiger partial charge in [-0.3, -0.25) is 14.4 Å². The van der Waals surface area contributed by atoms with E-state index >= 15 is 0 Å². The summed E-state index contributed by atoms with van der Waals surface area (Å²) in [6.45, 7) is 3.33. The maximum atomic E-state index is 12.9. The van der Waals surface area contributed by atoms with Gasteiger partial charge in [0.05, 0.1) is 16.8 Å². The van der Waals surface area contributed by atoms with Crippen LogP contribution in [-0.2, 0) is 4.79 Å². The highest BCUT2D eigenvalue weighted by atomic mass is 16.5. The van der Waals surface area contributed by atoms with Gasteiger partial charge in [0.25, 0.3) is 11.8 Å². The van der Waals surface area contributed by atoms with Crippen LogP contribution in [0.4, 0.5) is 11.4 Å². The largest absolute Gasteiger partial charge is 0.457 e. The summed E-state index contributed by atoms with van der Waals surface area (Å²) in [5.41, 5.74) is 2.75. The monoisotopic (exact) mass is 386 g/mol. The predicted octanol–water partition coefficient (Wildman–Crippen LogP) is 4.55. The highest BCUT2D eigenvalue weighted by molar-refractivity contribution is 6.34. The molecule has 3 amide bonds. The fourth-order valence-corrected chi connectivity index (χ4v) is 3.26. The Kier molecular flexibility index (Phi) is 4.60. The fourth-order valence-electron chi connectivity index (χ4n) is 3.26. The number of amides is 3. The smallest absolute Gasteiger partial charge is 0.266 e. The molecule has 6 heteroatoms. The second-order valence-electron chi connectivity index (χ2n) is 6.80. The summed E-state index contributed by atoms with van der Waals surface area (Å²) in [7, 11) is 0. The second-order valence-corrected chi connectivity index (χ2v) is 6.80. The van der Waals surface area contributed by atoms with Crippen LogP contribution in [-0.4, -0.2) is 17.7 Å². The molecule has 0 saturated heterocycles. The van der Waals surface area contributed by atoms with E-state index in [2.05, 4.69) is 5.32 Å². The normalized spacial score (nSPS) is 12.7. The van der Waals surface area contributed by atoms with Crippen LogP contribution in [0, 0.1) is 6.92 Å². The summed E-state index contributed by atoms with van der Waals surface area (Å²) in [5, 5.41) is 2.69. The van der Waals surface area contributed by atoms with Gasteiger partial charge in [0, 0.05) is 18.7 Å². The highest BCUT2D eigenvalue weighted by Crippen LogP contribution is 2.33. The molecule has 0 radical (unpaired) electrons. The molecule has 0 spiro atoms. The molecule has 144 valence electrons. The minimum atomic E-state index is -0.381. The van der Waals surface area contributed by atoms with Crippen molar-refractivity contribution in [1.82, 2.24) is 0 Å². The summed E-state index contributed by atoms with van der Waals surface area (Å²) in [4.78, 5) is 38.1. The summed E-state index contributed by atoms with van der Waals surface area (Å²) >= 11 is 0. The minimum Gasteiger partial charge on any atom is -0.457 e. The van der Waals surface area contributed by atoms with E-state index in [0.29, 0.717) is 34.0 Å². The van der Waals surface area contributed by atoms with Gasteiger partial charge in [-0.2, -0.15) is 0 Å². The number of carbonyl (C=O) groups is 3. The number of aryl methyl sites for hydroxylation is 1. The molecule has 1 heterocycles. The molecule has 0 bridgehead atoms. The van der Waals surface area contributed by atoms with Crippen molar-refractivity contribution in [2.75, 3.05) is 10.2 Å². The number of benzene rings is 3. The number of fused-ring (bicyclic) bond motifs is 1. The zero-order valence-corrected chi connectivity index (χ0v) is 15.9. The standard InChI is InChI=1S/C23H18N2O4/c1-14-5-3-7-17(11-14)25-22(27)20-10-9-19(13-21(20)23(25)28)29-18-8-4-6-16(12-18)24-15(2)26/h3-13H,1-2H3,(H,24,26). The second kappa shape index (κ2) is 7.24. The Morgan fingerprint density at radius 1 is 0.862 bits per heavy atom. The van der Waals surface area contributed by atoms with Crippen LogP contribution in [0.3, 0.4) is 0 Å². The average molecular weight is 386 g/mol. The lowest BCUT2D eigenvalue weighted by molar-refractivity contribution is -0.114. The van der Waals surface area contributed by atoms with Crippen LogP contribution in [0.25, 0.3) is 0 Å². The number of nitrogens with one attached hydrogen (secondary N) is 1. The van der Waals surface area contributed by atoms with E-state index in [1.54, 1.807) is 54.6 Å². The number of imide groups is 1. The molecule has 1 aliphatic heterocycles. The molecule has 1 N–H and O–H groups in total. The molecular formula is C23H18N2O4. The Morgan fingerprint density at radius 3 is 2.34 bits per heavy atom. The Morgan fingerprint density at radius 2 is 1.59 bits per heavy atom. The molecule has 0 aliphatic carbocycles. The zero-order chi connectivity index (χ0) is 20.5. The van der Waals surface area contributed by atoms with Crippen molar-refractivity contribution >= 4 is 29.1 Å². The first kappa shape index (κ1) is 18.4. The molecule has 4 rings (SSSR count). The lowest BCUT2D eigenvalue weighted by atomic mass is 10.1. The van der Waals surface area contributed by atoms with Crippen molar-refractivity contribution in [3.63, 3.8) is 0 Å². The van der Waals surface area contributed by atoms with Crippen molar-refractivity contribution in [2.45, 2.75) is 13.8 Å². The van der Waals surface area contributed by atoms with Crippen LogP contribution in [0.15, 0.2) is 66.7 Å². The topological polar surface area (TPSA) is 75.7 Å². The quantitative estimate of drug-likeness (QED) is 0.668. The zero-order valence-electron chi connectivity index (χ0n) is 15.9. The van der Waals surface area contributed by atoms with Crippen molar-refractivity contribution in [2.24, 2.45) is 0 Å². The van der Waals surface area contributed by atoms with Gasteiger partial charge in [0.2, 0.25) is 5.91 Å². The van der Waals surface area contributed by atoms with E-state index in [-0.39, 0.29) is 17.7 Å². The lowest BCUT2D eigenvalue weighted by Crippen LogP contribution is -2.29. The molecule has 0 aromatic heterocycles. The first-order valence-corrected chi connectivity index (χ1v) is 9.07. The molecule has 0 atom stereocenters. The molecule has 3 aromatic rings. The molecule has 6 nitrogen and oxygen atoms in total. The van der Waals surface area contributed by atoms with Gasteiger partial charge in [0.15, 0.2) is 0 Å². The van der Waals surface area contributed by atoms with Crippen molar-refractivity contribution in [3.8, 4) is 11.5 Å². The van der Waals surface area contributed by atoms with Crippen LogP contribution >= 0.6 is 0 Å². The third-order valence-corrected chi connectivity index (χ3v) is 4.51. The van der Waals surface area contributed by atoms with E-state index in [1.807, 2.05) is 19.1 Å². The summed E-state index contributed by atoms with van der Waals surface area (Å²) in [5.74, 6) is 0.0161. The number of anilines is 2. The SMILES string of the molecule is CC(=O)Nc1cccc(Oc2ccc3c(c2)C(=O)N(c2cccc(C)c2)C3=O)c1. The van der Waals surface area contributed by atoms with Gasteiger partial charge in [-0.1, -0.05) is 18.2 Å². The van der Waals surface area contributed by atoms with E-state index in [4.69, 9.17) is 4.74 Å². The Hall–Kier alpha value is -3.93. The Labute approximate surface area is 167 Å². The molecule has 0 saturated carbocycles. The third kappa shape index (κ3) is 3.60. The van der Waals surface area contributed by atoms with E-state index < -0.39 is 0 Å². The van der Waals surface area contributed by atoms with E-state index in [1.165, 1.54) is 11.8 Å². The predicted molar refractivity (Wildman–Crippen MR) is 110 cm³/mol. The van der Waals surface area contributed by atoms with Gasteiger partial charge in [-0.05, 0) is 55.0 Å². The maximum absolute atomic E-state index is 12.9. The molecule has 1 aliphatic rings. The van der Waals surface area contributed by atoms with Crippen LogP contribution in [0.2, 0.25) is 0 Å². The summed E-state index contributed by atoms with van der Waals surface area (Å²) in [6.07, 6.45) is 0. The number of carbonyl (C=O) groups excluding carboxylic acids is 3. The van der Waals surface area contributed by atoms with Gasteiger partial charge in [0.1, 0.15) is 11.5 Å². The minimum absolute atomic E-state index is 0.181. The van der Waals surface area contributed by atoms with E-state index in [9.17, 15) is 14.4 Å². The number of ether oxygens (including phenoxy) is 1. The van der Waals surface area contributed by atoms with Crippen molar-refractivity contribution < 1.29 is 19.1 Å². The van der Waals surface area contributed by atoms with Gasteiger partial charge >= 0.3 is 0 Å². The van der Waals surface area contributed by atoms with Crippen molar-refractivity contribution in [3.05, 3.63) is 83.4 Å². The van der Waals surface area contributed by atoms with Crippen LogP contribution < -0.4 is 15.0 Å². The van der Waals surface area contributed by atoms with Gasteiger partial charge < -0.3 is 10.1 Å². The Bertz CT molecular complexity index is 1150. The van der Waals surface area contributed by atoms with Gasteiger partial charge in [-0.15, -0.1) is 0 Å². The molecule has 0 unspecified atom stereocenters. The maximum Gasteiger partial charge on any atom is 0.266 e. The first-order chi connectivity index (χ1) is 13.9. The van der Waals surface area contributed by atoms with Crippen LogP contribution in [0.5, 0.6) is 11.5 Å². The van der Waals surface area contributed by atoms with Crippen molar-refractivity contribution in [1.29, 1.82) is 0 Å². The fraction of sp³-hybridized carbons (Fsp3) is 0.0870. The Balaban J connectivity index is 1.62. The number of rotatable bonds is 4. The first-order valence-electron chi connectivity index (χ1n) is 9.07. The number of nitrogens with zero attached hydrogens (tertiary/aromatic N) is 1. The molecule has 29 heavy (non-hydrogen) atoms. The number of hydrogen-bond donors (Lipinski definition) is 1. The molecule has 3 aromatic carbocycles.